The molecular weight excluding hydrogens is 380 g/mol. The van der Waals surface area contributed by atoms with Crippen LogP contribution in [-0.2, 0) is 4.79 Å². The van der Waals surface area contributed by atoms with Crippen molar-refractivity contribution in [2.75, 3.05) is 51.3 Å². The molecule has 0 unspecified atom stereocenters. The molecule has 3 aliphatic rings. The molecular formula is C23H34N4O3. The highest BCUT2D eigenvalue weighted by Crippen LogP contribution is 2.24. The molecule has 0 bridgehead atoms. The standard InChI is InChI=1S/C23H34N4O3/c1-30-21-6-4-20(5-7-21)25-16-10-19(11-17-25)24-22(28)18-8-14-27(15-9-18)23(29)26-12-2-3-13-26/h4-7,18-19H,2-3,8-17H2,1H3,(H,24,28). The largest absolute Gasteiger partial charge is 0.497 e. The Morgan fingerprint density at radius 3 is 2.07 bits per heavy atom. The van der Waals surface area contributed by atoms with E-state index in [2.05, 4.69) is 22.3 Å². The van der Waals surface area contributed by atoms with E-state index >= 15 is 0 Å². The monoisotopic (exact) mass is 414 g/mol. The maximum absolute atomic E-state index is 12.8. The van der Waals surface area contributed by atoms with Crippen LogP contribution >= 0.6 is 0 Å². The number of piperidine rings is 2. The summed E-state index contributed by atoms with van der Waals surface area (Å²) in [6.45, 7) is 5.05. The number of nitrogens with one attached hydrogen (secondary N) is 1. The second kappa shape index (κ2) is 9.58. The molecule has 3 fully saturated rings. The van der Waals surface area contributed by atoms with E-state index in [1.165, 1.54) is 5.69 Å². The Labute approximate surface area is 179 Å². The zero-order chi connectivity index (χ0) is 20.9. The molecule has 0 saturated carbocycles. The number of likely N-dealkylation sites (tertiary alicyclic amines) is 2. The van der Waals surface area contributed by atoms with E-state index in [9.17, 15) is 9.59 Å². The molecule has 7 heteroatoms. The van der Waals surface area contributed by atoms with E-state index in [1.54, 1.807) is 7.11 Å². The van der Waals surface area contributed by atoms with Gasteiger partial charge in [-0.25, -0.2) is 4.79 Å². The number of hydrogen-bond donors (Lipinski definition) is 1. The molecule has 7 nitrogen and oxygen atoms in total. The van der Waals surface area contributed by atoms with Crippen molar-refractivity contribution >= 4 is 17.6 Å². The van der Waals surface area contributed by atoms with Crippen molar-refractivity contribution in [1.82, 2.24) is 15.1 Å². The Balaban J connectivity index is 1.19. The van der Waals surface area contributed by atoms with Crippen molar-refractivity contribution in [1.29, 1.82) is 0 Å². The normalized spacial score (nSPS) is 21.0. The van der Waals surface area contributed by atoms with Gasteiger partial charge in [0, 0.05) is 56.9 Å². The van der Waals surface area contributed by atoms with E-state index in [-0.39, 0.29) is 23.9 Å². The summed E-state index contributed by atoms with van der Waals surface area (Å²) in [5.41, 5.74) is 1.20. The highest BCUT2D eigenvalue weighted by molar-refractivity contribution is 5.80. The second-order valence-electron chi connectivity index (χ2n) is 8.71. The van der Waals surface area contributed by atoms with Gasteiger partial charge in [0.2, 0.25) is 5.91 Å². The minimum Gasteiger partial charge on any atom is -0.497 e. The Hall–Kier alpha value is -2.44. The zero-order valence-corrected chi connectivity index (χ0v) is 18.0. The molecule has 4 rings (SSSR count). The lowest BCUT2D eigenvalue weighted by atomic mass is 9.94. The number of hydrogen-bond acceptors (Lipinski definition) is 4. The highest BCUT2D eigenvalue weighted by Gasteiger charge is 2.31. The summed E-state index contributed by atoms with van der Waals surface area (Å²) in [5, 5.41) is 3.28. The van der Waals surface area contributed by atoms with Gasteiger partial charge in [-0.15, -0.1) is 0 Å². The molecule has 0 atom stereocenters. The van der Waals surface area contributed by atoms with E-state index < -0.39 is 0 Å². The fourth-order valence-electron chi connectivity index (χ4n) is 4.84. The molecule has 1 aromatic carbocycles. The third-order valence-electron chi connectivity index (χ3n) is 6.79. The summed E-state index contributed by atoms with van der Waals surface area (Å²) in [4.78, 5) is 31.5. The van der Waals surface area contributed by atoms with Crippen LogP contribution in [0, 0.1) is 5.92 Å². The number of anilines is 1. The van der Waals surface area contributed by atoms with Crippen molar-refractivity contribution < 1.29 is 14.3 Å². The van der Waals surface area contributed by atoms with Gasteiger partial charge < -0.3 is 24.8 Å². The van der Waals surface area contributed by atoms with E-state index in [1.807, 2.05) is 21.9 Å². The van der Waals surface area contributed by atoms with E-state index in [4.69, 9.17) is 4.74 Å². The van der Waals surface area contributed by atoms with Crippen LogP contribution in [0.15, 0.2) is 24.3 Å². The third-order valence-corrected chi connectivity index (χ3v) is 6.79. The van der Waals surface area contributed by atoms with Crippen LogP contribution in [0.1, 0.15) is 38.5 Å². The van der Waals surface area contributed by atoms with Gasteiger partial charge in [-0.1, -0.05) is 0 Å². The van der Waals surface area contributed by atoms with Crippen molar-refractivity contribution in [2.45, 2.75) is 44.6 Å². The van der Waals surface area contributed by atoms with Gasteiger partial charge in [-0.3, -0.25) is 4.79 Å². The first-order valence-corrected chi connectivity index (χ1v) is 11.4. The number of carbonyl (C=O) groups excluding carboxylic acids is 2. The van der Waals surface area contributed by atoms with Crippen molar-refractivity contribution in [3.8, 4) is 5.75 Å². The van der Waals surface area contributed by atoms with Crippen molar-refractivity contribution in [3.05, 3.63) is 24.3 Å². The molecule has 1 aromatic rings. The van der Waals surface area contributed by atoms with Gasteiger partial charge in [0.15, 0.2) is 0 Å². The first-order chi connectivity index (χ1) is 14.6. The second-order valence-corrected chi connectivity index (χ2v) is 8.71. The lowest BCUT2D eigenvalue weighted by Crippen LogP contribution is -2.50. The lowest BCUT2D eigenvalue weighted by Gasteiger charge is -2.36. The van der Waals surface area contributed by atoms with Gasteiger partial charge in [0.25, 0.3) is 0 Å². The first-order valence-electron chi connectivity index (χ1n) is 11.4. The molecule has 0 aromatic heterocycles. The Morgan fingerprint density at radius 1 is 0.867 bits per heavy atom. The summed E-state index contributed by atoms with van der Waals surface area (Å²) in [5.74, 6) is 1.08. The fraction of sp³-hybridized carbons (Fsp3) is 0.652. The minimum absolute atomic E-state index is 0.0345. The van der Waals surface area contributed by atoms with E-state index in [0.29, 0.717) is 13.1 Å². The van der Waals surface area contributed by atoms with Gasteiger partial charge in [0.05, 0.1) is 7.11 Å². The number of urea groups is 1. The average molecular weight is 415 g/mol. The average Bonchev–Trinajstić information content (AvgIpc) is 3.34. The van der Waals surface area contributed by atoms with Crippen LogP contribution in [0.5, 0.6) is 5.75 Å². The van der Waals surface area contributed by atoms with Gasteiger partial charge >= 0.3 is 6.03 Å². The van der Waals surface area contributed by atoms with Gasteiger partial charge in [-0.2, -0.15) is 0 Å². The van der Waals surface area contributed by atoms with Crippen LogP contribution < -0.4 is 15.0 Å². The smallest absolute Gasteiger partial charge is 0.319 e. The SMILES string of the molecule is COc1ccc(N2CCC(NC(=O)C3CCN(C(=O)N4CCCC4)CC3)CC2)cc1. The van der Waals surface area contributed by atoms with Crippen LogP contribution in [0.4, 0.5) is 10.5 Å². The quantitative estimate of drug-likeness (QED) is 0.823. The molecule has 0 aliphatic carbocycles. The Morgan fingerprint density at radius 2 is 1.47 bits per heavy atom. The Bertz CT molecular complexity index is 716. The maximum atomic E-state index is 12.8. The third kappa shape index (κ3) is 4.82. The zero-order valence-electron chi connectivity index (χ0n) is 18.0. The predicted molar refractivity (Wildman–Crippen MR) is 117 cm³/mol. The molecule has 0 spiro atoms. The summed E-state index contributed by atoms with van der Waals surface area (Å²) < 4.78 is 5.23. The van der Waals surface area contributed by atoms with Crippen LogP contribution in [0.2, 0.25) is 0 Å². The highest BCUT2D eigenvalue weighted by atomic mass is 16.5. The number of ether oxygens (including phenoxy) is 1. The molecule has 0 radical (unpaired) electrons. The maximum Gasteiger partial charge on any atom is 0.319 e. The molecule has 3 heterocycles. The molecule has 3 aliphatic heterocycles. The first kappa shape index (κ1) is 20.8. The van der Waals surface area contributed by atoms with E-state index in [0.717, 1.165) is 70.5 Å². The number of amides is 3. The van der Waals surface area contributed by atoms with Gasteiger partial charge in [-0.05, 0) is 62.8 Å². The number of rotatable bonds is 4. The topological polar surface area (TPSA) is 65.1 Å². The molecule has 164 valence electrons. The number of nitrogens with zero attached hydrogens (tertiary/aromatic N) is 3. The molecule has 3 saturated heterocycles. The summed E-state index contributed by atoms with van der Waals surface area (Å²) in [7, 11) is 1.68. The minimum atomic E-state index is 0.0345. The van der Waals surface area contributed by atoms with Crippen LogP contribution in [0.3, 0.4) is 0 Å². The summed E-state index contributed by atoms with van der Waals surface area (Å²) in [6.07, 6.45) is 5.70. The van der Waals surface area contributed by atoms with Crippen LogP contribution in [0.25, 0.3) is 0 Å². The molecule has 3 amide bonds. The summed E-state index contributed by atoms with van der Waals surface area (Å²) >= 11 is 0. The fourth-order valence-corrected chi connectivity index (χ4v) is 4.84. The lowest BCUT2D eigenvalue weighted by molar-refractivity contribution is -0.127. The number of methoxy groups -OCH3 is 1. The summed E-state index contributed by atoms with van der Waals surface area (Å²) in [6, 6.07) is 8.58. The predicted octanol–water partition coefficient (Wildman–Crippen LogP) is 2.71. The van der Waals surface area contributed by atoms with Crippen molar-refractivity contribution in [2.24, 2.45) is 5.92 Å². The number of benzene rings is 1. The molecule has 1 N–H and O–H groups in total. The van der Waals surface area contributed by atoms with Gasteiger partial charge in [0.1, 0.15) is 5.75 Å². The Kier molecular flexibility index (Phi) is 6.65. The molecule has 30 heavy (non-hydrogen) atoms. The number of carbonyl (C=O) groups is 2. The van der Waals surface area contributed by atoms with Crippen LogP contribution in [-0.4, -0.2) is 74.2 Å². The van der Waals surface area contributed by atoms with Crippen molar-refractivity contribution in [3.63, 3.8) is 0 Å².